The van der Waals surface area contributed by atoms with Gasteiger partial charge in [-0.05, 0) is 5.56 Å². The lowest BCUT2D eigenvalue weighted by molar-refractivity contribution is 0.111. The molecule has 0 atom stereocenters. The van der Waals surface area contributed by atoms with Crippen molar-refractivity contribution in [3.05, 3.63) is 63.3 Å². The molecule has 5 heteroatoms. The van der Waals surface area contributed by atoms with Gasteiger partial charge in [-0.2, -0.15) is 4.98 Å². The number of nitrogens with zero attached hydrogens (tertiary/aromatic N) is 2. The lowest BCUT2D eigenvalue weighted by Gasteiger charge is -2.14. The lowest BCUT2D eigenvalue weighted by atomic mass is 10.2. The van der Waals surface area contributed by atoms with E-state index in [0.29, 0.717) is 19.4 Å². The fraction of sp³-hybridized carbons (Fsp3) is 0.214. The van der Waals surface area contributed by atoms with E-state index < -0.39 is 5.69 Å². The van der Waals surface area contributed by atoms with E-state index in [1.54, 1.807) is 0 Å². The van der Waals surface area contributed by atoms with E-state index in [9.17, 15) is 9.59 Å². The summed E-state index contributed by atoms with van der Waals surface area (Å²) in [5, 5.41) is 0. The number of fused-ring (bicyclic) bond motifs is 1. The average molecular weight is 255 g/mol. The van der Waals surface area contributed by atoms with E-state index >= 15 is 0 Å². The summed E-state index contributed by atoms with van der Waals surface area (Å²) in [5.74, 6) is 0. The fourth-order valence-electron chi connectivity index (χ4n) is 2.43. The van der Waals surface area contributed by atoms with Gasteiger partial charge in [0.1, 0.15) is 5.69 Å². The molecule has 0 bridgehead atoms. The number of aromatic nitrogens is 2. The first-order valence-corrected chi connectivity index (χ1v) is 6.10. The highest BCUT2D eigenvalue weighted by atomic mass is 16.1. The number of aldehydes is 1. The summed E-state index contributed by atoms with van der Waals surface area (Å²) in [7, 11) is 0. The van der Waals surface area contributed by atoms with Gasteiger partial charge in [0.25, 0.3) is 0 Å². The highest BCUT2D eigenvalue weighted by Gasteiger charge is 2.23. The standard InChI is InChI=1S/C14H13N3O2/c18-9-13-11-7-17(6-10-4-2-1-3-5-10)8-12(11)15-14(19)16-13/h1-5,9H,6-8H2,(H,15,16,19). The molecule has 0 unspecified atom stereocenters. The maximum absolute atomic E-state index is 11.3. The SMILES string of the molecule is O=Cc1nc(=O)[nH]c2c1CN(Cc1ccccc1)C2. The number of carbonyl (C=O) groups is 1. The molecule has 2 aromatic rings. The number of benzene rings is 1. The molecule has 2 heterocycles. The molecule has 1 aliphatic heterocycles. The zero-order valence-electron chi connectivity index (χ0n) is 10.3. The Morgan fingerprint density at radius 3 is 2.79 bits per heavy atom. The molecule has 0 amide bonds. The first kappa shape index (κ1) is 11.8. The molecule has 19 heavy (non-hydrogen) atoms. The van der Waals surface area contributed by atoms with Gasteiger partial charge in [0, 0.05) is 30.9 Å². The molecule has 0 aliphatic carbocycles. The third kappa shape index (κ3) is 2.32. The normalized spacial score (nSPS) is 14.3. The third-order valence-corrected chi connectivity index (χ3v) is 3.28. The van der Waals surface area contributed by atoms with E-state index in [2.05, 4.69) is 27.0 Å². The van der Waals surface area contributed by atoms with Gasteiger partial charge in [0.05, 0.1) is 0 Å². The molecular weight excluding hydrogens is 242 g/mol. The minimum absolute atomic E-state index is 0.259. The molecule has 0 saturated heterocycles. The van der Waals surface area contributed by atoms with Crippen LogP contribution in [0.4, 0.5) is 0 Å². The van der Waals surface area contributed by atoms with Crippen LogP contribution < -0.4 is 5.69 Å². The van der Waals surface area contributed by atoms with Crippen molar-refractivity contribution in [1.82, 2.24) is 14.9 Å². The van der Waals surface area contributed by atoms with Gasteiger partial charge < -0.3 is 4.98 Å². The molecule has 1 aliphatic rings. The fourth-order valence-corrected chi connectivity index (χ4v) is 2.43. The van der Waals surface area contributed by atoms with Crippen LogP contribution in [-0.2, 0) is 19.6 Å². The molecule has 5 nitrogen and oxygen atoms in total. The minimum atomic E-state index is -0.456. The molecule has 1 aromatic heterocycles. The van der Waals surface area contributed by atoms with Gasteiger partial charge in [-0.3, -0.25) is 9.69 Å². The Morgan fingerprint density at radius 1 is 1.26 bits per heavy atom. The van der Waals surface area contributed by atoms with Gasteiger partial charge in [0.15, 0.2) is 6.29 Å². The van der Waals surface area contributed by atoms with Crippen LogP contribution in [0.5, 0.6) is 0 Å². The molecule has 0 radical (unpaired) electrons. The van der Waals surface area contributed by atoms with Crippen LogP contribution in [0, 0.1) is 0 Å². The number of rotatable bonds is 3. The summed E-state index contributed by atoms with van der Waals surface area (Å²) in [4.78, 5) is 30.9. The topological polar surface area (TPSA) is 66.1 Å². The number of hydrogen-bond acceptors (Lipinski definition) is 4. The Balaban J connectivity index is 1.84. The average Bonchev–Trinajstić information content (AvgIpc) is 2.81. The monoisotopic (exact) mass is 255 g/mol. The summed E-state index contributed by atoms with van der Waals surface area (Å²) in [6.45, 7) is 2.07. The van der Waals surface area contributed by atoms with Crippen LogP contribution in [0.25, 0.3) is 0 Å². The van der Waals surface area contributed by atoms with Gasteiger partial charge in [-0.1, -0.05) is 30.3 Å². The van der Waals surface area contributed by atoms with E-state index in [-0.39, 0.29) is 5.69 Å². The van der Waals surface area contributed by atoms with Crippen molar-refractivity contribution in [3.8, 4) is 0 Å². The van der Waals surface area contributed by atoms with E-state index in [4.69, 9.17) is 0 Å². The maximum atomic E-state index is 11.3. The second-order valence-corrected chi connectivity index (χ2v) is 4.63. The summed E-state index contributed by atoms with van der Waals surface area (Å²) < 4.78 is 0. The molecule has 96 valence electrons. The molecule has 3 rings (SSSR count). The van der Waals surface area contributed by atoms with E-state index in [0.717, 1.165) is 17.8 Å². The summed E-state index contributed by atoms with van der Waals surface area (Å²) >= 11 is 0. The second kappa shape index (κ2) is 4.78. The summed E-state index contributed by atoms with van der Waals surface area (Å²) in [6.07, 6.45) is 0.653. The van der Waals surface area contributed by atoms with Gasteiger partial charge in [-0.25, -0.2) is 4.79 Å². The Bertz CT molecular complexity index is 664. The summed E-state index contributed by atoms with van der Waals surface area (Å²) in [6, 6.07) is 10.1. The predicted octanol–water partition coefficient (Wildman–Crippen LogP) is 1.10. The Hall–Kier alpha value is -2.27. The highest BCUT2D eigenvalue weighted by molar-refractivity contribution is 5.74. The van der Waals surface area contributed by atoms with Crippen molar-refractivity contribution in [3.63, 3.8) is 0 Å². The van der Waals surface area contributed by atoms with Crippen LogP contribution in [0.15, 0.2) is 35.1 Å². The number of hydrogen-bond donors (Lipinski definition) is 1. The van der Waals surface area contributed by atoms with Crippen molar-refractivity contribution in [2.24, 2.45) is 0 Å². The molecule has 1 N–H and O–H groups in total. The van der Waals surface area contributed by atoms with Crippen molar-refractivity contribution in [1.29, 1.82) is 0 Å². The Kier molecular flexibility index (Phi) is 2.97. The van der Waals surface area contributed by atoms with Gasteiger partial charge in [0.2, 0.25) is 0 Å². The number of nitrogens with one attached hydrogen (secondary N) is 1. The van der Waals surface area contributed by atoms with Gasteiger partial charge >= 0.3 is 5.69 Å². The zero-order chi connectivity index (χ0) is 13.2. The number of H-pyrrole nitrogens is 1. The van der Waals surface area contributed by atoms with E-state index in [1.807, 2.05) is 18.2 Å². The van der Waals surface area contributed by atoms with Crippen molar-refractivity contribution in [2.75, 3.05) is 0 Å². The van der Waals surface area contributed by atoms with Crippen LogP contribution in [0.3, 0.4) is 0 Å². The van der Waals surface area contributed by atoms with Crippen LogP contribution in [0.2, 0.25) is 0 Å². The largest absolute Gasteiger partial charge is 0.345 e. The molecule has 0 saturated carbocycles. The molecule has 1 aromatic carbocycles. The number of carbonyl (C=O) groups excluding carboxylic acids is 1. The van der Waals surface area contributed by atoms with Crippen molar-refractivity contribution in [2.45, 2.75) is 19.6 Å². The highest BCUT2D eigenvalue weighted by Crippen LogP contribution is 2.22. The quantitative estimate of drug-likeness (QED) is 0.834. The Labute approximate surface area is 109 Å². The van der Waals surface area contributed by atoms with Gasteiger partial charge in [-0.15, -0.1) is 0 Å². The first-order chi connectivity index (χ1) is 9.26. The predicted molar refractivity (Wildman–Crippen MR) is 69.6 cm³/mol. The van der Waals surface area contributed by atoms with Crippen LogP contribution in [0.1, 0.15) is 27.3 Å². The number of aromatic amines is 1. The molecule has 0 fully saturated rings. The van der Waals surface area contributed by atoms with Crippen LogP contribution in [-0.4, -0.2) is 21.2 Å². The van der Waals surface area contributed by atoms with E-state index in [1.165, 1.54) is 5.56 Å². The maximum Gasteiger partial charge on any atom is 0.345 e. The van der Waals surface area contributed by atoms with Crippen molar-refractivity contribution >= 4 is 6.29 Å². The third-order valence-electron chi connectivity index (χ3n) is 3.28. The first-order valence-electron chi connectivity index (χ1n) is 6.10. The van der Waals surface area contributed by atoms with Crippen molar-refractivity contribution < 1.29 is 4.79 Å². The van der Waals surface area contributed by atoms with Crippen LogP contribution >= 0.6 is 0 Å². The Morgan fingerprint density at radius 2 is 2.05 bits per heavy atom. The minimum Gasteiger partial charge on any atom is -0.308 e. The summed E-state index contributed by atoms with van der Waals surface area (Å²) in [5.41, 5.74) is 2.65. The second-order valence-electron chi connectivity index (χ2n) is 4.63. The lowest BCUT2D eigenvalue weighted by Crippen LogP contribution is -2.16. The molecule has 0 spiro atoms. The zero-order valence-corrected chi connectivity index (χ0v) is 10.3. The molecular formula is C14H13N3O2. The smallest absolute Gasteiger partial charge is 0.308 e.